The number of benzene rings is 1. The van der Waals surface area contributed by atoms with Crippen LogP contribution in [0, 0.1) is 0 Å². The second-order valence-electron chi connectivity index (χ2n) is 6.34. The third kappa shape index (κ3) is 4.58. The molecule has 9 heteroatoms. The molecule has 7 nitrogen and oxygen atoms in total. The second kappa shape index (κ2) is 8.53. The molecule has 28 heavy (non-hydrogen) atoms. The van der Waals surface area contributed by atoms with Crippen LogP contribution in [0.3, 0.4) is 0 Å². The molecule has 0 fully saturated rings. The standard InChI is InChI=1S/C19H19ClN4O3S/c1-11(2)24-16(7-8-21-24)23-17(25)12(3)27-19(26)15-10-28-18(22-15)13-5-4-6-14(20)9-13/h4-12H,1-3H3,(H,23,25)/t12-/m1/s1. The van der Waals surface area contributed by atoms with Crippen molar-refractivity contribution in [3.63, 3.8) is 0 Å². The topological polar surface area (TPSA) is 86.1 Å². The zero-order valence-electron chi connectivity index (χ0n) is 15.5. The predicted octanol–water partition coefficient (Wildman–Crippen LogP) is 4.42. The Morgan fingerprint density at radius 2 is 2.04 bits per heavy atom. The van der Waals surface area contributed by atoms with Gasteiger partial charge in [0.25, 0.3) is 5.91 Å². The molecule has 3 rings (SSSR count). The molecule has 1 atom stereocenters. The molecule has 0 aliphatic heterocycles. The number of carbonyl (C=O) groups is 2. The van der Waals surface area contributed by atoms with Crippen LogP contribution in [-0.4, -0.2) is 32.7 Å². The molecule has 1 aromatic carbocycles. The number of anilines is 1. The van der Waals surface area contributed by atoms with Crippen LogP contribution in [0.5, 0.6) is 0 Å². The number of nitrogens with one attached hydrogen (secondary N) is 1. The summed E-state index contributed by atoms with van der Waals surface area (Å²) in [5, 5.41) is 9.69. The molecule has 1 amide bonds. The van der Waals surface area contributed by atoms with E-state index >= 15 is 0 Å². The monoisotopic (exact) mass is 418 g/mol. The zero-order chi connectivity index (χ0) is 20.3. The number of thiazole rings is 1. The molecule has 0 saturated heterocycles. The van der Waals surface area contributed by atoms with Gasteiger partial charge in [0.1, 0.15) is 10.8 Å². The van der Waals surface area contributed by atoms with Crippen LogP contribution in [0.25, 0.3) is 10.6 Å². The highest BCUT2D eigenvalue weighted by Gasteiger charge is 2.22. The first-order valence-corrected chi connectivity index (χ1v) is 9.87. The minimum Gasteiger partial charge on any atom is -0.448 e. The maximum absolute atomic E-state index is 12.4. The summed E-state index contributed by atoms with van der Waals surface area (Å²) in [6.07, 6.45) is 0.609. The van der Waals surface area contributed by atoms with Gasteiger partial charge in [-0.15, -0.1) is 11.3 Å². The fourth-order valence-corrected chi connectivity index (χ4v) is 3.43. The van der Waals surface area contributed by atoms with Gasteiger partial charge in [0.2, 0.25) is 0 Å². The van der Waals surface area contributed by atoms with Gasteiger partial charge in [-0.2, -0.15) is 5.10 Å². The van der Waals surface area contributed by atoms with E-state index in [0.29, 0.717) is 15.8 Å². The van der Waals surface area contributed by atoms with Crippen LogP contribution in [0.15, 0.2) is 41.9 Å². The second-order valence-corrected chi connectivity index (χ2v) is 7.63. The number of rotatable bonds is 6. The van der Waals surface area contributed by atoms with Crippen molar-refractivity contribution in [3.8, 4) is 10.6 Å². The predicted molar refractivity (Wildman–Crippen MR) is 109 cm³/mol. The number of amides is 1. The average molecular weight is 419 g/mol. The Hall–Kier alpha value is -2.71. The Morgan fingerprint density at radius 1 is 1.25 bits per heavy atom. The van der Waals surface area contributed by atoms with Crippen LogP contribution in [0.2, 0.25) is 5.02 Å². The number of nitrogens with zero attached hydrogens (tertiary/aromatic N) is 3. The van der Waals surface area contributed by atoms with Crippen molar-refractivity contribution in [2.24, 2.45) is 0 Å². The summed E-state index contributed by atoms with van der Waals surface area (Å²) in [5.74, 6) is -0.564. The quantitative estimate of drug-likeness (QED) is 0.598. The molecule has 0 aliphatic rings. The summed E-state index contributed by atoms with van der Waals surface area (Å²) in [6.45, 7) is 5.41. The first-order valence-electron chi connectivity index (χ1n) is 8.62. The van der Waals surface area contributed by atoms with E-state index in [-0.39, 0.29) is 11.7 Å². The van der Waals surface area contributed by atoms with Gasteiger partial charge >= 0.3 is 5.97 Å². The fourth-order valence-electron chi connectivity index (χ4n) is 2.45. The Kier molecular flexibility index (Phi) is 6.11. The van der Waals surface area contributed by atoms with Gasteiger partial charge in [-0.3, -0.25) is 4.79 Å². The Bertz CT molecular complexity index is 998. The van der Waals surface area contributed by atoms with Gasteiger partial charge in [0, 0.05) is 28.1 Å². The maximum Gasteiger partial charge on any atom is 0.358 e. The Labute approximate surface area is 171 Å². The number of hydrogen-bond acceptors (Lipinski definition) is 6. The summed E-state index contributed by atoms with van der Waals surface area (Å²) >= 11 is 7.29. The van der Waals surface area contributed by atoms with Gasteiger partial charge < -0.3 is 10.1 Å². The minimum absolute atomic E-state index is 0.0862. The number of ether oxygens (including phenoxy) is 1. The number of hydrogen-bond donors (Lipinski definition) is 1. The minimum atomic E-state index is -0.987. The van der Waals surface area contributed by atoms with E-state index in [1.54, 1.807) is 34.5 Å². The van der Waals surface area contributed by atoms with Crippen molar-refractivity contribution in [1.82, 2.24) is 14.8 Å². The lowest BCUT2D eigenvalue weighted by atomic mass is 10.2. The molecule has 0 radical (unpaired) electrons. The molecule has 0 saturated carbocycles. The summed E-state index contributed by atoms with van der Waals surface area (Å²) in [6, 6.07) is 8.97. The van der Waals surface area contributed by atoms with E-state index in [9.17, 15) is 9.59 Å². The first-order chi connectivity index (χ1) is 13.3. The molecule has 0 bridgehead atoms. The largest absolute Gasteiger partial charge is 0.448 e. The van der Waals surface area contributed by atoms with Gasteiger partial charge in [-0.05, 0) is 32.9 Å². The highest BCUT2D eigenvalue weighted by Crippen LogP contribution is 2.26. The van der Waals surface area contributed by atoms with Gasteiger partial charge in [0.05, 0.1) is 6.20 Å². The van der Waals surface area contributed by atoms with Gasteiger partial charge in [-0.25, -0.2) is 14.5 Å². The zero-order valence-corrected chi connectivity index (χ0v) is 17.1. The van der Waals surface area contributed by atoms with E-state index in [1.807, 2.05) is 26.0 Å². The van der Waals surface area contributed by atoms with E-state index in [2.05, 4.69) is 15.4 Å². The Morgan fingerprint density at radius 3 is 2.75 bits per heavy atom. The van der Waals surface area contributed by atoms with E-state index < -0.39 is 18.0 Å². The first kappa shape index (κ1) is 20.0. The van der Waals surface area contributed by atoms with Crippen molar-refractivity contribution in [2.75, 3.05) is 5.32 Å². The lowest BCUT2D eigenvalue weighted by Crippen LogP contribution is -2.31. The highest BCUT2D eigenvalue weighted by molar-refractivity contribution is 7.13. The molecule has 146 valence electrons. The summed E-state index contributed by atoms with van der Waals surface area (Å²) in [4.78, 5) is 29.0. The van der Waals surface area contributed by atoms with Crippen molar-refractivity contribution in [2.45, 2.75) is 32.9 Å². The average Bonchev–Trinajstić information content (AvgIpc) is 3.31. The van der Waals surface area contributed by atoms with Crippen LogP contribution in [-0.2, 0) is 9.53 Å². The van der Waals surface area contributed by atoms with Crippen molar-refractivity contribution in [3.05, 3.63) is 52.6 Å². The SMILES string of the molecule is CC(C)n1nccc1NC(=O)[C@@H](C)OC(=O)c1csc(-c2cccc(Cl)c2)n1. The molecular formula is C19H19ClN4O3S. The van der Waals surface area contributed by atoms with E-state index in [0.717, 1.165) is 5.56 Å². The molecule has 0 aliphatic carbocycles. The van der Waals surface area contributed by atoms with E-state index in [1.165, 1.54) is 18.3 Å². The van der Waals surface area contributed by atoms with Crippen LogP contribution >= 0.6 is 22.9 Å². The van der Waals surface area contributed by atoms with Crippen LogP contribution in [0.4, 0.5) is 5.82 Å². The van der Waals surface area contributed by atoms with Gasteiger partial charge in [0.15, 0.2) is 11.8 Å². The van der Waals surface area contributed by atoms with Crippen LogP contribution in [0.1, 0.15) is 37.3 Å². The smallest absolute Gasteiger partial charge is 0.358 e. The summed E-state index contributed by atoms with van der Waals surface area (Å²) < 4.78 is 6.93. The lowest BCUT2D eigenvalue weighted by Gasteiger charge is -2.15. The molecular weight excluding hydrogens is 400 g/mol. The number of esters is 1. The molecule has 2 aromatic heterocycles. The van der Waals surface area contributed by atoms with E-state index in [4.69, 9.17) is 16.3 Å². The molecule has 1 N–H and O–H groups in total. The molecule has 0 spiro atoms. The highest BCUT2D eigenvalue weighted by atomic mass is 35.5. The summed E-state index contributed by atoms with van der Waals surface area (Å²) in [5.41, 5.74) is 0.955. The molecule has 0 unspecified atom stereocenters. The third-order valence-corrected chi connectivity index (χ3v) is 4.98. The van der Waals surface area contributed by atoms with Gasteiger partial charge in [-0.1, -0.05) is 23.7 Å². The van der Waals surface area contributed by atoms with Crippen molar-refractivity contribution in [1.29, 1.82) is 0 Å². The number of aromatic nitrogens is 3. The number of halogens is 1. The normalized spacial score (nSPS) is 12.0. The Balaban J connectivity index is 1.64. The van der Waals surface area contributed by atoms with Crippen molar-refractivity contribution >= 4 is 40.6 Å². The number of carbonyl (C=O) groups excluding carboxylic acids is 2. The summed E-state index contributed by atoms with van der Waals surface area (Å²) in [7, 11) is 0. The maximum atomic E-state index is 12.4. The lowest BCUT2D eigenvalue weighted by molar-refractivity contribution is -0.123. The molecule has 2 heterocycles. The van der Waals surface area contributed by atoms with Crippen molar-refractivity contribution < 1.29 is 14.3 Å². The fraction of sp³-hybridized carbons (Fsp3) is 0.263. The molecule has 3 aromatic rings. The van der Waals surface area contributed by atoms with Crippen LogP contribution < -0.4 is 5.32 Å². The third-order valence-electron chi connectivity index (χ3n) is 3.85.